The zero-order valence-corrected chi connectivity index (χ0v) is 16.7. The van der Waals surface area contributed by atoms with Crippen LogP contribution < -0.4 is 24.8 Å². The second-order valence-electron chi connectivity index (χ2n) is 8.03. The standard InChI is InChI=1S/C23H24N2O5/c1-28-18-7-2-14-13-25(15-3-5-17(6-4-15)29-22(24)27)11-10-23-9-8-16(26)12-19(23)30-21(18)20(14)23/h2-9,16,19,26H,10-13H2,1H3,(H2,24,27)/t16-,19-,23-/m0/s1. The van der Waals surface area contributed by atoms with E-state index in [9.17, 15) is 9.90 Å². The molecule has 1 spiro atoms. The molecule has 0 radical (unpaired) electrons. The summed E-state index contributed by atoms with van der Waals surface area (Å²) in [6.45, 7) is 1.53. The monoisotopic (exact) mass is 408 g/mol. The number of methoxy groups -OCH3 is 1. The minimum atomic E-state index is -0.825. The fourth-order valence-electron chi connectivity index (χ4n) is 5.00. The molecule has 1 aliphatic carbocycles. The van der Waals surface area contributed by atoms with E-state index in [0.29, 0.717) is 12.2 Å². The number of ether oxygens (including phenoxy) is 3. The van der Waals surface area contributed by atoms with Crippen molar-refractivity contribution in [1.29, 1.82) is 0 Å². The molecule has 0 unspecified atom stereocenters. The number of nitrogens with zero attached hydrogens (tertiary/aromatic N) is 1. The quantitative estimate of drug-likeness (QED) is 0.759. The zero-order chi connectivity index (χ0) is 20.9. The van der Waals surface area contributed by atoms with Crippen LogP contribution in [0.5, 0.6) is 17.2 Å². The number of rotatable bonds is 3. The number of aliphatic hydroxyl groups is 1. The van der Waals surface area contributed by atoms with E-state index < -0.39 is 12.2 Å². The second-order valence-corrected chi connectivity index (χ2v) is 8.03. The lowest BCUT2D eigenvalue weighted by molar-refractivity contribution is 0.0856. The van der Waals surface area contributed by atoms with E-state index >= 15 is 0 Å². The van der Waals surface area contributed by atoms with Crippen molar-refractivity contribution in [3.05, 3.63) is 59.7 Å². The van der Waals surface area contributed by atoms with Gasteiger partial charge < -0.3 is 30.0 Å². The Morgan fingerprint density at radius 2 is 2.07 bits per heavy atom. The number of hydrogen-bond donors (Lipinski definition) is 2. The first-order valence-electron chi connectivity index (χ1n) is 10.1. The van der Waals surface area contributed by atoms with Crippen LogP contribution in [0.25, 0.3) is 0 Å². The summed E-state index contributed by atoms with van der Waals surface area (Å²) in [6.07, 6.45) is 4.00. The van der Waals surface area contributed by atoms with Crippen LogP contribution in [0.15, 0.2) is 48.6 Å². The van der Waals surface area contributed by atoms with Crippen LogP contribution >= 0.6 is 0 Å². The highest BCUT2D eigenvalue weighted by Gasteiger charge is 2.52. The van der Waals surface area contributed by atoms with Crippen LogP contribution in [0.4, 0.5) is 10.5 Å². The number of hydrogen-bond acceptors (Lipinski definition) is 6. The molecule has 0 saturated heterocycles. The Kier molecular flexibility index (Phi) is 4.36. The average Bonchev–Trinajstić information content (AvgIpc) is 2.96. The number of amides is 1. The van der Waals surface area contributed by atoms with E-state index in [2.05, 4.69) is 17.0 Å². The first kappa shape index (κ1) is 18.8. The molecule has 0 aromatic heterocycles. The molecular weight excluding hydrogens is 384 g/mol. The van der Waals surface area contributed by atoms with Gasteiger partial charge in [-0.3, -0.25) is 0 Å². The van der Waals surface area contributed by atoms with Gasteiger partial charge in [0.2, 0.25) is 0 Å². The van der Waals surface area contributed by atoms with E-state index in [0.717, 1.165) is 36.7 Å². The summed E-state index contributed by atoms with van der Waals surface area (Å²) in [4.78, 5) is 13.3. The van der Waals surface area contributed by atoms with Crippen molar-refractivity contribution in [2.45, 2.75) is 37.0 Å². The summed E-state index contributed by atoms with van der Waals surface area (Å²) in [5, 5.41) is 10.2. The molecule has 3 N–H and O–H groups in total. The normalized spacial score (nSPS) is 26.3. The molecule has 0 bridgehead atoms. The first-order valence-corrected chi connectivity index (χ1v) is 10.1. The number of nitrogens with two attached hydrogens (primary N) is 1. The lowest BCUT2D eigenvalue weighted by atomic mass is 9.69. The van der Waals surface area contributed by atoms with Crippen molar-refractivity contribution in [3.63, 3.8) is 0 Å². The zero-order valence-electron chi connectivity index (χ0n) is 16.7. The average molecular weight is 408 g/mol. The van der Waals surface area contributed by atoms with Crippen LogP contribution in [0.3, 0.4) is 0 Å². The lowest BCUT2D eigenvalue weighted by Gasteiger charge is -2.36. The highest BCUT2D eigenvalue weighted by Crippen LogP contribution is 2.55. The number of primary amides is 1. The van der Waals surface area contributed by atoms with Crippen LogP contribution in [-0.2, 0) is 12.0 Å². The first-order chi connectivity index (χ1) is 14.5. The summed E-state index contributed by atoms with van der Waals surface area (Å²) < 4.78 is 16.9. The van der Waals surface area contributed by atoms with Gasteiger partial charge in [0.15, 0.2) is 11.5 Å². The molecule has 2 aromatic carbocycles. The van der Waals surface area contributed by atoms with Gasteiger partial charge in [-0.2, -0.15) is 0 Å². The predicted molar refractivity (Wildman–Crippen MR) is 111 cm³/mol. The van der Waals surface area contributed by atoms with Gasteiger partial charge in [-0.05, 0) is 42.3 Å². The van der Waals surface area contributed by atoms with E-state index in [1.165, 1.54) is 11.1 Å². The molecule has 0 saturated carbocycles. The largest absolute Gasteiger partial charge is 0.493 e. The Morgan fingerprint density at radius 1 is 1.27 bits per heavy atom. The predicted octanol–water partition coefficient (Wildman–Crippen LogP) is 2.88. The van der Waals surface area contributed by atoms with Crippen molar-refractivity contribution in [3.8, 4) is 17.2 Å². The lowest BCUT2D eigenvalue weighted by Crippen LogP contribution is -2.43. The van der Waals surface area contributed by atoms with Crippen LogP contribution in [0.1, 0.15) is 24.0 Å². The van der Waals surface area contributed by atoms with Gasteiger partial charge in [0.25, 0.3) is 0 Å². The van der Waals surface area contributed by atoms with Crippen LogP contribution in [0.2, 0.25) is 0 Å². The maximum atomic E-state index is 11.0. The number of carbonyl (C=O) groups excluding carboxylic acids is 1. The molecule has 2 heterocycles. The third kappa shape index (κ3) is 2.89. The molecular formula is C23H24N2O5. The summed E-state index contributed by atoms with van der Waals surface area (Å²) in [7, 11) is 1.65. The molecule has 7 heteroatoms. The van der Waals surface area contributed by atoms with Crippen molar-refractivity contribution < 1.29 is 24.1 Å². The van der Waals surface area contributed by atoms with Gasteiger partial charge in [-0.15, -0.1) is 0 Å². The van der Waals surface area contributed by atoms with Gasteiger partial charge in [0, 0.05) is 30.8 Å². The maximum Gasteiger partial charge on any atom is 0.409 e. The topological polar surface area (TPSA) is 94.2 Å². The Balaban J connectivity index is 1.54. The minimum absolute atomic E-state index is 0.117. The minimum Gasteiger partial charge on any atom is -0.493 e. The summed E-state index contributed by atoms with van der Waals surface area (Å²) >= 11 is 0. The van der Waals surface area contributed by atoms with E-state index in [1.54, 1.807) is 19.2 Å². The van der Waals surface area contributed by atoms with Crippen molar-refractivity contribution in [1.82, 2.24) is 0 Å². The van der Waals surface area contributed by atoms with Crippen LogP contribution in [0, 0.1) is 0 Å². The third-order valence-electron chi connectivity index (χ3n) is 6.38. The van der Waals surface area contributed by atoms with E-state index in [1.807, 2.05) is 24.3 Å². The van der Waals surface area contributed by atoms with Crippen LogP contribution in [-0.4, -0.2) is 37.1 Å². The van der Waals surface area contributed by atoms with E-state index in [-0.39, 0.29) is 11.5 Å². The summed E-state index contributed by atoms with van der Waals surface area (Å²) in [5.74, 6) is 1.95. The summed E-state index contributed by atoms with van der Waals surface area (Å²) in [6, 6.07) is 11.4. The number of carbonyl (C=O) groups is 1. The molecule has 156 valence electrons. The van der Waals surface area contributed by atoms with Crippen molar-refractivity contribution in [2.75, 3.05) is 18.6 Å². The highest BCUT2D eigenvalue weighted by molar-refractivity contribution is 5.68. The number of aliphatic hydroxyl groups excluding tert-OH is 1. The molecule has 30 heavy (non-hydrogen) atoms. The number of benzene rings is 2. The van der Waals surface area contributed by atoms with Gasteiger partial charge in [-0.25, -0.2) is 4.79 Å². The fourth-order valence-corrected chi connectivity index (χ4v) is 5.00. The Morgan fingerprint density at radius 3 is 2.80 bits per heavy atom. The molecule has 2 aromatic rings. The third-order valence-corrected chi connectivity index (χ3v) is 6.38. The second kappa shape index (κ2) is 6.95. The van der Waals surface area contributed by atoms with Gasteiger partial charge in [-0.1, -0.05) is 18.2 Å². The Labute approximate surface area is 174 Å². The molecule has 3 atom stereocenters. The fraction of sp³-hybridized carbons (Fsp3) is 0.348. The Bertz CT molecular complexity index is 1020. The summed E-state index contributed by atoms with van der Waals surface area (Å²) in [5.41, 5.74) is 8.21. The smallest absolute Gasteiger partial charge is 0.409 e. The molecule has 7 nitrogen and oxygen atoms in total. The van der Waals surface area contributed by atoms with Gasteiger partial charge >= 0.3 is 6.09 Å². The molecule has 2 aliphatic heterocycles. The Hall–Kier alpha value is -3.19. The van der Waals surface area contributed by atoms with Gasteiger partial charge in [0.1, 0.15) is 11.9 Å². The van der Waals surface area contributed by atoms with Crippen molar-refractivity contribution in [2.24, 2.45) is 5.73 Å². The SMILES string of the molecule is COc1ccc2c3c1O[C@H]1C[C@@H](O)C=C[C@@]31CCN(c1ccc(OC(N)=O)cc1)C2. The highest BCUT2D eigenvalue weighted by atomic mass is 16.5. The van der Waals surface area contributed by atoms with E-state index in [4.69, 9.17) is 19.9 Å². The van der Waals surface area contributed by atoms with Crippen molar-refractivity contribution >= 4 is 11.8 Å². The maximum absolute atomic E-state index is 11.0. The molecule has 3 aliphatic rings. The van der Waals surface area contributed by atoms with Gasteiger partial charge in [0.05, 0.1) is 18.6 Å². The molecule has 5 rings (SSSR count). The number of anilines is 1. The molecule has 1 amide bonds. The molecule has 0 fully saturated rings.